The molecule has 1 heterocycles. The number of fused-ring (bicyclic) bond motifs is 1. The molecule has 0 saturated heterocycles. The molecule has 1 saturated carbocycles. The minimum Gasteiger partial charge on any atom is -0.361 e. The van der Waals surface area contributed by atoms with Crippen molar-refractivity contribution in [1.29, 1.82) is 0 Å². The Kier molecular flexibility index (Phi) is 10.0. The van der Waals surface area contributed by atoms with Crippen molar-refractivity contribution in [2.24, 2.45) is 17.6 Å². The van der Waals surface area contributed by atoms with Gasteiger partial charge in [0.05, 0.1) is 12.6 Å². The van der Waals surface area contributed by atoms with E-state index >= 15 is 0 Å². The molecule has 1 aliphatic rings. The third-order valence-electron chi connectivity index (χ3n) is 6.92. The minimum atomic E-state index is -3.36. The third kappa shape index (κ3) is 8.10. The third-order valence-corrected chi connectivity index (χ3v) is 8.88. The lowest BCUT2D eigenvalue weighted by molar-refractivity contribution is -0.130. The van der Waals surface area contributed by atoms with Crippen LogP contribution in [0.4, 0.5) is 0 Å². The van der Waals surface area contributed by atoms with Gasteiger partial charge in [0.25, 0.3) is 7.72 Å². The Morgan fingerprint density at radius 2 is 1.81 bits per heavy atom. The molecule has 10 heteroatoms. The van der Waals surface area contributed by atoms with Gasteiger partial charge in [-0.15, -0.1) is 0 Å². The Morgan fingerprint density at radius 3 is 2.50 bits per heavy atom. The molecule has 0 unspecified atom stereocenters. The number of nitrogens with two attached hydrogens (primary N) is 1. The summed E-state index contributed by atoms with van der Waals surface area (Å²) in [7, 11) is -3.36. The second-order valence-electron chi connectivity index (χ2n) is 10.4. The summed E-state index contributed by atoms with van der Waals surface area (Å²) >= 11 is 0. The molecule has 2 atom stereocenters. The first-order valence-electron chi connectivity index (χ1n) is 12.8. The normalized spacial score (nSPS) is 16.6. The van der Waals surface area contributed by atoms with E-state index in [4.69, 9.17) is 5.73 Å². The van der Waals surface area contributed by atoms with E-state index in [9.17, 15) is 24.2 Å². The predicted molar refractivity (Wildman–Crippen MR) is 142 cm³/mol. The van der Waals surface area contributed by atoms with Crippen LogP contribution < -0.4 is 16.4 Å². The van der Waals surface area contributed by atoms with Crippen LogP contribution in [0, 0.1) is 11.8 Å². The monoisotopic (exact) mass is 519 g/mol. The number of carbonyl (C=O) groups excluding carboxylic acids is 3. The molecule has 1 aromatic carbocycles. The van der Waals surface area contributed by atoms with Crippen molar-refractivity contribution in [3.63, 3.8) is 0 Å². The first kappa shape index (κ1) is 28.3. The van der Waals surface area contributed by atoms with Crippen molar-refractivity contribution in [2.75, 3.05) is 18.9 Å². The lowest BCUT2D eigenvalue weighted by atomic mass is 9.91. The van der Waals surface area contributed by atoms with E-state index in [0.717, 1.165) is 42.1 Å². The van der Waals surface area contributed by atoms with Gasteiger partial charge in [-0.2, -0.15) is 0 Å². The molecule has 198 valence electrons. The van der Waals surface area contributed by atoms with Crippen molar-refractivity contribution in [3.8, 4) is 0 Å². The molecule has 1 fully saturated rings. The molecule has 0 bridgehead atoms. The number of hydrogen-bond acceptors (Lipinski definition) is 6. The van der Waals surface area contributed by atoms with Gasteiger partial charge >= 0.3 is 0 Å². The van der Waals surface area contributed by atoms with Gasteiger partial charge in [-0.25, -0.2) is 9.79 Å². The smallest absolute Gasteiger partial charge is 0.275 e. The zero-order valence-corrected chi connectivity index (χ0v) is 22.1. The summed E-state index contributed by atoms with van der Waals surface area (Å²) in [6.45, 7) is 3.32. The Morgan fingerprint density at radius 1 is 1.11 bits per heavy atom. The number of amides is 2. The molecule has 0 aliphatic heterocycles. The first-order chi connectivity index (χ1) is 17.1. The molecular formula is C26H40N4O5P+. The molecule has 7 N–H and O–H groups in total. The van der Waals surface area contributed by atoms with Crippen LogP contribution in [0.5, 0.6) is 0 Å². The number of aromatic nitrogens is 1. The molecular weight excluding hydrogens is 479 g/mol. The van der Waals surface area contributed by atoms with Crippen LogP contribution in [0.1, 0.15) is 51.5 Å². The largest absolute Gasteiger partial charge is 0.361 e. The fourth-order valence-electron chi connectivity index (χ4n) is 4.80. The fraction of sp³-hybridized carbons (Fsp3) is 0.577. The molecule has 0 spiro atoms. The van der Waals surface area contributed by atoms with E-state index in [0.29, 0.717) is 0 Å². The first-order valence-corrected chi connectivity index (χ1v) is 14.8. The molecule has 1 aliphatic carbocycles. The molecule has 2 amide bonds. The summed E-state index contributed by atoms with van der Waals surface area (Å²) in [6.07, 6.45) is 7.18. The van der Waals surface area contributed by atoms with Crippen LogP contribution in [0.25, 0.3) is 10.9 Å². The van der Waals surface area contributed by atoms with E-state index in [1.165, 1.54) is 6.42 Å². The molecule has 9 nitrogen and oxygen atoms in total. The van der Waals surface area contributed by atoms with E-state index in [-0.39, 0.29) is 37.1 Å². The summed E-state index contributed by atoms with van der Waals surface area (Å²) < 4.78 is 0. The van der Waals surface area contributed by atoms with Gasteiger partial charge < -0.3 is 21.4 Å². The molecule has 0 radical (unpaired) electrons. The van der Waals surface area contributed by atoms with Crippen LogP contribution in [0.2, 0.25) is 0 Å². The van der Waals surface area contributed by atoms with Crippen LogP contribution in [-0.2, 0) is 20.8 Å². The number of rotatable bonds is 12. The predicted octanol–water partition coefficient (Wildman–Crippen LogP) is 2.28. The van der Waals surface area contributed by atoms with Gasteiger partial charge in [0.2, 0.25) is 11.8 Å². The van der Waals surface area contributed by atoms with E-state index in [2.05, 4.69) is 15.6 Å². The SMILES string of the molecule is CC(C)[C@H](N)C(=O)N[C@@H](Cc1c[nH]c2ccccc12)C(=O)NCC(=O)C[P+](O)(O)CC1CCCCC1. The number of Topliss-reactive ketones (excluding diaryl/α,β-unsaturated/α-hetero) is 1. The fourth-order valence-corrected chi connectivity index (χ4v) is 6.79. The minimum absolute atomic E-state index is 0.112. The maximum absolute atomic E-state index is 13.1. The standard InChI is InChI=1S/C26H39N4O5P/c1-17(2)24(27)26(33)30-23(12-19-13-28-22-11-7-6-10-21(19)22)25(32)29-14-20(31)16-36(34,35)15-18-8-4-3-5-9-18/h6-7,10-11,13,17-18,23-24,28,34-35H,3-5,8-9,12,14-16,27H2,1-2H3,(H-,29,30,32,33)/p+1/t23-,24-/m0/s1. The average molecular weight is 520 g/mol. The van der Waals surface area contributed by atoms with Gasteiger partial charge in [-0.1, -0.05) is 51.3 Å². The summed E-state index contributed by atoms with van der Waals surface area (Å²) in [4.78, 5) is 62.4. The van der Waals surface area contributed by atoms with Crippen molar-refractivity contribution in [2.45, 2.75) is 64.5 Å². The van der Waals surface area contributed by atoms with Crippen LogP contribution >= 0.6 is 7.72 Å². The van der Waals surface area contributed by atoms with Gasteiger partial charge in [0, 0.05) is 23.5 Å². The number of aromatic amines is 1. The Bertz CT molecular complexity index is 1050. The number of hydrogen-bond donors (Lipinski definition) is 6. The lowest BCUT2D eigenvalue weighted by Gasteiger charge is -2.23. The quantitative estimate of drug-likeness (QED) is 0.236. The van der Waals surface area contributed by atoms with Gasteiger partial charge in [0.15, 0.2) is 11.9 Å². The lowest BCUT2D eigenvalue weighted by Crippen LogP contribution is -2.54. The highest BCUT2D eigenvalue weighted by Crippen LogP contribution is 2.53. The van der Waals surface area contributed by atoms with E-state index in [1.54, 1.807) is 6.20 Å². The van der Waals surface area contributed by atoms with E-state index in [1.807, 2.05) is 38.1 Å². The number of ketones is 1. The highest BCUT2D eigenvalue weighted by Gasteiger charge is 2.39. The molecule has 3 rings (SSSR count). The van der Waals surface area contributed by atoms with Crippen molar-refractivity contribution in [1.82, 2.24) is 15.6 Å². The van der Waals surface area contributed by atoms with E-state index < -0.39 is 37.4 Å². The number of carbonyl (C=O) groups is 3. The zero-order chi connectivity index (χ0) is 26.3. The topological polar surface area (TPSA) is 158 Å². The number of benzene rings is 1. The number of nitrogens with one attached hydrogen (secondary N) is 3. The molecule has 2 aromatic rings. The maximum Gasteiger partial charge on any atom is 0.275 e. The Labute approximate surface area is 213 Å². The average Bonchev–Trinajstić information content (AvgIpc) is 3.24. The summed E-state index contributed by atoms with van der Waals surface area (Å²) in [5.74, 6) is -1.28. The number of para-hydroxylation sites is 1. The second kappa shape index (κ2) is 12.8. The van der Waals surface area contributed by atoms with Crippen LogP contribution in [0.3, 0.4) is 0 Å². The van der Waals surface area contributed by atoms with Crippen molar-refractivity contribution < 1.29 is 24.2 Å². The zero-order valence-electron chi connectivity index (χ0n) is 21.2. The van der Waals surface area contributed by atoms with Crippen LogP contribution in [0.15, 0.2) is 30.5 Å². The molecule has 1 aromatic heterocycles. The van der Waals surface area contributed by atoms with Crippen molar-refractivity contribution in [3.05, 3.63) is 36.0 Å². The van der Waals surface area contributed by atoms with Gasteiger partial charge in [-0.3, -0.25) is 14.4 Å². The van der Waals surface area contributed by atoms with Crippen LogP contribution in [-0.4, -0.2) is 63.3 Å². The van der Waals surface area contributed by atoms with Gasteiger partial charge in [-0.05, 0) is 36.3 Å². The summed E-state index contributed by atoms with van der Waals surface area (Å²) in [5, 5.41) is 6.25. The highest BCUT2D eigenvalue weighted by molar-refractivity contribution is 7.65. The summed E-state index contributed by atoms with van der Waals surface area (Å²) in [5.41, 5.74) is 7.74. The Balaban J connectivity index is 1.62. The summed E-state index contributed by atoms with van der Waals surface area (Å²) in [6, 6.07) is 5.93. The number of H-pyrrole nitrogens is 1. The van der Waals surface area contributed by atoms with Crippen molar-refractivity contribution >= 4 is 36.2 Å². The van der Waals surface area contributed by atoms with Gasteiger partial charge in [0.1, 0.15) is 12.2 Å². The molecule has 36 heavy (non-hydrogen) atoms. The maximum atomic E-state index is 13.1. The highest BCUT2D eigenvalue weighted by atomic mass is 31.2. The Hall–Kier alpha value is -2.32. The second-order valence-corrected chi connectivity index (χ2v) is 12.8.